The first kappa shape index (κ1) is 17.2. The van der Waals surface area contributed by atoms with Gasteiger partial charge in [0.15, 0.2) is 0 Å². The molecule has 1 aromatic rings. The lowest BCUT2D eigenvalue weighted by molar-refractivity contribution is 0.0930. The molecule has 0 spiro atoms. The van der Waals surface area contributed by atoms with E-state index in [1.165, 1.54) is 19.2 Å². The first-order valence-electron chi connectivity index (χ1n) is 8.21. The quantitative estimate of drug-likeness (QED) is 0.697. The smallest absolute Gasteiger partial charge is 0.251 e. The van der Waals surface area contributed by atoms with Crippen LogP contribution >= 0.6 is 0 Å². The second-order valence-corrected chi connectivity index (χ2v) is 7.96. The van der Waals surface area contributed by atoms with Gasteiger partial charge in [0, 0.05) is 24.2 Å². The van der Waals surface area contributed by atoms with E-state index < -0.39 is 10.0 Å². The zero-order valence-electron chi connectivity index (χ0n) is 13.7. The molecule has 8 heteroatoms. The first-order valence-corrected chi connectivity index (χ1v) is 9.70. The Hall–Kier alpha value is -1.64. The van der Waals surface area contributed by atoms with Crippen LogP contribution in [0.4, 0.5) is 0 Å². The minimum Gasteiger partial charge on any atom is -0.495 e. The summed E-state index contributed by atoms with van der Waals surface area (Å²) < 4.78 is 32.8. The lowest BCUT2D eigenvalue weighted by Gasteiger charge is -2.24. The zero-order chi connectivity index (χ0) is 17.2. The van der Waals surface area contributed by atoms with Gasteiger partial charge in [0.2, 0.25) is 10.0 Å². The van der Waals surface area contributed by atoms with Crippen LogP contribution in [0.25, 0.3) is 0 Å². The van der Waals surface area contributed by atoms with Crippen LogP contribution in [-0.4, -0.2) is 46.6 Å². The highest BCUT2D eigenvalue weighted by atomic mass is 32.2. The molecule has 2 aliphatic rings. The monoisotopic (exact) mass is 353 g/mol. The molecule has 0 unspecified atom stereocenters. The number of sulfonamides is 1. The second-order valence-electron chi connectivity index (χ2n) is 6.28. The normalized spacial score (nSPS) is 21.3. The minimum absolute atomic E-state index is 0.00585. The molecule has 1 aliphatic carbocycles. The SMILES string of the molecule is COc1ccc(C(=O)N[C@H]2CCCNC2)cc1S(=O)(=O)NC1CC1. The Kier molecular flexibility index (Phi) is 5.07. The Morgan fingerprint density at radius 1 is 1.25 bits per heavy atom. The van der Waals surface area contributed by atoms with Gasteiger partial charge in [0.25, 0.3) is 5.91 Å². The van der Waals surface area contributed by atoms with Gasteiger partial charge in [-0.25, -0.2) is 13.1 Å². The number of hydrogen-bond donors (Lipinski definition) is 3. The molecule has 132 valence electrons. The van der Waals surface area contributed by atoms with Crippen LogP contribution < -0.4 is 20.1 Å². The van der Waals surface area contributed by atoms with Crippen molar-refractivity contribution in [3.8, 4) is 5.75 Å². The predicted octanol–water partition coefficient (Wildman–Crippen LogP) is 0.618. The zero-order valence-corrected chi connectivity index (χ0v) is 14.5. The highest BCUT2D eigenvalue weighted by Gasteiger charge is 2.30. The number of rotatable bonds is 6. The van der Waals surface area contributed by atoms with Gasteiger partial charge in [0.05, 0.1) is 7.11 Å². The summed E-state index contributed by atoms with van der Waals surface area (Å²) in [5, 5.41) is 6.18. The lowest BCUT2D eigenvalue weighted by atomic mass is 10.1. The van der Waals surface area contributed by atoms with E-state index in [1.54, 1.807) is 6.07 Å². The van der Waals surface area contributed by atoms with Gasteiger partial charge in [-0.3, -0.25) is 4.79 Å². The van der Waals surface area contributed by atoms with Gasteiger partial charge >= 0.3 is 0 Å². The van der Waals surface area contributed by atoms with Crippen molar-refractivity contribution in [2.24, 2.45) is 0 Å². The third-order valence-corrected chi connectivity index (χ3v) is 5.79. The van der Waals surface area contributed by atoms with Crippen molar-refractivity contribution in [2.45, 2.75) is 42.7 Å². The fraction of sp³-hybridized carbons (Fsp3) is 0.562. The van der Waals surface area contributed by atoms with Crippen LogP contribution in [0.3, 0.4) is 0 Å². The number of benzene rings is 1. The van der Waals surface area contributed by atoms with Crippen molar-refractivity contribution in [1.82, 2.24) is 15.4 Å². The van der Waals surface area contributed by atoms with E-state index >= 15 is 0 Å². The highest BCUT2D eigenvalue weighted by molar-refractivity contribution is 7.89. The van der Waals surface area contributed by atoms with Gasteiger partial charge < -0.3 is 15.4 Å². The number of methoxy groups -OCH3 is 1. The average molecular weight is 353 g/mol. The lowest BCUT2D eigenvalue weighted by Crippen LogP contribution is -2.45. The Labute approximate surface area is 142 Å². The van der Waals surface area contributed by atoms with Crippen LogP contribution in [0.2, 0.25) is 0 Å². The molecule has 0 bridgehead atoms. The molecular weight excluding hydrogens is 330 g/mol. The van der Waals surface area contributed by atoms with Crippen molar-refractivity contribution in [1.29, 1.82) is 0 Å². The Morgan fingerprint density at radius 3 is 2.67 bits per heavy atom. The highest BCUT2D eigenvalue weighted by Crippen LogP contribution is 2.28. The van der Waals surface area contributed by atoms with Gasteiger partial charge in [0.1, 0.15) is 10.6 Å². The minimum atomic E-state index is -3.70. The summed E-state index contributed by atoms with van der Waals surface area (Å²) in [5.74, 6) is -0.0340. The summed E-state index contributed by atoms with van der Waals surface area (Å²) in [6.07, 6.45) is 3.62. The van der Waals surface area contributed by atoms with E-state index in [0.717, 1.165) is 38.8 Å². The number of ether oxygens (including phenoxy) is 1. The largest absolute Gasteiger partial charge is 0.495 e. The van der Waals surface area contributed by atoms with Gasteiger partial charge in [-0.1, -0.05) is 0 Å². The van der Waals surface area contributed by atoms with E-state index in [4.69, 9.17) is 4.74 Å². The third-order valence-electron chi connectivity index (χ3n) is 4.25. The molecular formula is C16H23N3O4S. The molecule has 0 aromatic heterocycles. The maximum atomic E-state index is 12.5. The van der Waals surface area contributed by atoms with Gasteiger partial charge in [-0.2, -0.15) is 0 Å². The molecule has 1 saturated heterocycles. The summed E-state index contributed by atoms with van der Waals surface area (Å²) in [4.78, 5) is 12.4. The molecule has 1 amide bonds. The second kappa shape index (κ2) is 7.08. The van der Waals surface area contributed by atoms with Crippen molar-refractivity contribution in [2.75, 3.05) is 20.2 Å². The molecule has 7 nitrogen and oxygen atoms in total. The fourth-order valence-electron chi connectivity index (χ4n) is 2.76. The Morgan fingerprint density at radius 2 is 2.04 bits per heavy atom. The first-order chi connectivity index (χ1) is 11.5. The molecule has 1 aliphatic heterocycles. The van der Waals surface area contributed by atoms with E-state index in [-0.39, 0.29) is 28.6 Å². The van der Waals surface area contributed by atoms with Crippen molar-refractivity contribution in [3.05, 3.63) is 23.8 Å². The predicted molar refractivity (Wildman–Crippen MR) is 89.7 cm³/mol. The maximum Gasteiger partial charge on any atom is 0.251 e. The number of hydrogen-bond acceptors (Lipinski definition) is 5. The van der Waals surface area contributed by atoms with Crippen molar-refractivity contribution < 1.29 is 17.9 Å². The average Bonchev–Trinajstić information content (AvgIpc) is 3.38. The van der Waals surface area contributed by atoms with Crippen LogP contribution in [0.15, 0.2) is 23.1 Å². The van der Waals surface area contributed by atoms with E-state index in [0.29, 0.717) is 5.56 Å². The molecule has 2 fully saturated rings. The van der Waals surface area contributed by atoms with Crippen molar-refractivity contribution in [3.63, 3.8) is 0 Å². The number of amides is 1. The van der Waals surface area contributed by atoms with E-state index in [1.807, 2.05) is 0 Å². The maximum absolute atomic E-state index is 12.5. The standard InChI is InChI=1S/C16H23N3O4S/c1-23-14-7-4-11(16(20)18-13-3-2-8-17-10-13)9-15(14)24(21,22)19-12-5-6-12/h4,7,9,12-13,17,19H,2-3,5-6,8,10H2,1H3,(H,18,20)/t13-/m0/s1. The molecule has 24 heavy (non-hydrogen) atoms. The Bertz CT molecular complexity index is 710. The number of carbonyl (C=O) groups is 1. The topological polar surface area (TPSA) is 96.5 Å². The van der Waals surface area contributed by atoms with Crippen molar-refractivity contribution >= 4 is 15.9 Å². The van der Waals surface area contributed by atoms with Crippen LogP contribution in [-0.2, 0) is 10.0 Å². The molecule has 0 radical (unpaired) electrons. The summed E-state index contributed by atoms with van der Waals surface area (Å²) in [6, 6.07) is 4.55. The van der Waals surface area contributed by atoms with Gasteiger partial charge in [-0.05, 0) is 50.4 Å². The number of nitrogens with one attached hydrogen (secondary N) is 3. The summed E-state index contributed by atoms with van der Waals surface area (Å²) in [6.45, 7) is 1.69. The number of carbonyl (C=O) groups excluding carboxylic acids is 1. The van der Waals surface area contributed by atoms with Crippen LogP contribution in [0.1, 0.15) is 36.0 Å². The summed E-state index contributed by atoms with van der Waals surface area (Å²) >= 11 is 0. The summed E-state index contributed by atoms with van der Waals surface area (Å²) in [7, 11) is -2.28. The molecule has 1 aromatic carbocycles. The third kappa shape index (κ3) is 4.06. The summed E-state index contributed by atoms with van der Waals surface area (Å²) in [5.41, 5.74) is 0.317. The molecule has 1 saturated carbocycles. The Balaban J connectivity index is 1.81. The van der Waals surface area contributed by atoms with E-state index in [9.17, 15) is 13.2 Å². The van der Waals surface area contributed by atoms with Gasteiger partial charge in [-0.15, -0.1) is 0 Å². The molecule has 1 atom stereocenters. The molecule has 3 N–H and O–H groups in total. The number of piperidine rings is 1. The van der Waals surface area contributed by atoms with Crippen LogP contribution in [0, 0.1) is 0 Å². The molecule has 1 heterocycles. The molecule has 3 rings (SSSR count). The van der Waals surface area contributed by atoms with Crippen LogP contribution in [0.5, 0.6) is 5.75 Å². The van der Waals surface area contributed by atoms with E-state index in [2.05, 4.69) is 15.4 Å². The fourth-order valence-corrected chi connectivity index (χ4v) is 4.26.